The van der Waals surface area contributed by atoms with Crippen molar-refractivity contribution in [3.63, 3.8) is 0 Å². The molecular formula is C13H20N2S3. The van der Waals surface area contributed by atoms with Gasteiger partial charge in [-0.1, -0.05) is 0 Å². The Morgan fingerprint density at radius 2 is 2.22 bits per heavy atom. The maximum Gasteiger partial charge on any atom is 0.0897 e. The number of thioether (sulfide) groups is 2. The van der Waals surface area contributed by atoms with Crippen LogP contribution in [0, 0.1) is 6.92 Å². The first-order chi connectivity index (χ1) is 8.83. The SMILES string of the molecule is Cc1nc(CCN[C@@H]2CC[C@H]3SCCS[C@@H]23)cs1. The summed E-state index contributed by atoms with van der Waals surface area (Å²) in [7, 11) is 0. The van der Waals surface area contributed by atoms with E-state index in [1.165, 1.54) is 35.0 Å². The molecule has 3 rings (SSSR count). The fourth-order valence-corrected chi connectivity index (χ4v) is 6.80. The highest BCUT2D eigenvalue weighted by atomic mass is 32.2. The van der Waals surface area contributed by atoms with E-state index in [2.05, 4.69) is 46.1 Å². The van der Waals surface area contributed by atoms with Crippen molar-refractivity contribution < 1.29 is 0 Å². The largest absolute Gasteiger partial charge is 0.312 e. The summed E-state index contributed by atoms with van der Waals surface area (Å²) in [6.45, 7) is 3.17. The number of nitrogens with zero attached hydrogens (tertiary/aromatic N) is 1. The number of hydrogen-bond donors (Lipinski definition) is 1. The van der Waals surface area contributed by atoms with Crippen molar-refractivity contribution in [1.29, 1.82) is 0 Å². The van der Waals surface area contributed by atoms with Crippen molar-refractivity contribution in [1.82, 2.24) is 10.3 Å². The summed E-state index contributed by atoms with van der Waals surface area (Å²) in [6.07, 6.45) is 3.86. The lowest BCUT2D eigenvalue weighted by molar-refractivity contribution is 0.534. The molecule has 5 heteroatoms. The van der Waals surface area contributed by atoms with Crippen LogP contribution in [0.3, 0.4) is 0 Å². The van der Waals surface area contributed by atoms with Crippen LogP contribution in [0.1, 0.15) is 23.5 Å². The molecule has 3 atom stereocenters. The van der Waals surface area contributed by atoms with E-state index in [4.69, 9.17) is 0 Å². The van der Waals surface area contributed by atoms with Crippen LogP contribution >= 0.6 is 34.9 Å². The zero-order valence-corrected chi connectivity index (χ0v) is 13.2. The third-order valence-electron chi connectivity index (χ3n) is 3.70. The molecule has 0 unspecified atom stereocenters. The summed E-state index contributed by atoms with van der Waals surface area (Å²) in [5.41, 5.74) is 1.25. The van der Waals surface area contributed by atoms with E-state index in [0.29, 0.717) is 0 Å². The van der Waals surface area contributed by atoms with Gasteiger partial charge < -0.3 is 5.32 Å². The lowest BCUT2D eigenvalue weighted by atomic mass is 10.2. The number of nitrogens with one attached hydrogen (secondary N) is 1. The van der Waals surface area contributed by atoms with Crippen molar-refractivity contribution in [3.05, 3.63) is 16.1 Å². The molecular weight excluding hydrogens is 280 g/mol. The van der Waals surface area contributed by atoms with Gasteiger partial charge in [0, 0.05) is 46.4 Å². The van der Waals surface area contributed by atoms with Crippen molar-refractivity contribution in [2.24, 2.45) is 0 Å². The highest BCUT2D eigenvalue weighted by Gasteiger charge is 2.38. The Labute approximate surface area is 122 Å². The van der Waals surface area contributed by atoms with E-state index in [-0.39, 0.29) is 0 Å². The average Bonchev–Trinajstić information content (AvgIpc) is 2.97. The molecule has 1 aromatic rings. The van der Waals surface area contributed by atoms with Crippen LogP contribution in [-0.4, -0.2) is 39.6 Å². The quantitative estimate of drug-likeness (QED) is 0.924. The molecule has 2 nitrogen and oxygen atoms in total. The van der Waals surface area contributed by atoms with Gasteiger partial charge in [-0.3, -0.25) is 0 Å². The Morgan fingerprint density at radius 3 is 3.06 bits per heavy atom. The fraction of sp³-hybridized carbons (Fsp3) is 0.769. The Hall–Kier alpha value is 0.290. The first-order valence-electron chi connectivity index (χ1n) is 6.70. The standard InChI is InChI=1S/C13H20N2S3/c1-9-15-10(8-18-9)4-5-14-11-2-3-12-13(11)17-7-6-16-12/h8,11-14H,2-7H2,1H3/t11-,12-,13+/m1/s1. The molecule has 0 amide bonds. The number of rotatable bonds is 4. The second kappa shape index (κ2) is 6.16. The predicted octanol–water partition coefficient (Wildman–Crippen LogP) is 2.96. The van der Waals surface area contributed by atoms with Crippen LogP contribution in [0.4, 0.5) is 0 Å². The average molecular weight is 301 g/mol. The molecule has 0 spiro atoms. The minimum absolute atomic E-state index is 0.743. The van der Waals surface area contributed by atoms with Crippen LogP contribution in [0.15, 0.2) is 5.38 Å². The maximum absolute atomic E-state index is 4.53. The predicted molar refractivity (Wildman–Crippen MR) is 84.1 cm³/mol. The van der Waals surface area contributed by atoms with Gasteiger partial charge in [0.15, 0.2) is 0 Å². The van der Waals surface area contributed by atoms with Crippen molar-refractivity contribution in [3.8, 4) is 0 Å². The number of thiazole rings is 1. The first-order valence-corrected chi connectivity index (χ1v) is 9.68. The molecule has 0 bridgehead atoms. The topological polar surface area (TPSA) is 24.9 Å². The van der Waals surface area contributed by atoms with Crippen LogP contribution in [0.25, 0.3) is 0 Å². The van der Waals surface area contributed by atoms with Crippen molar-refractivity contribution in [2.75, 3.05) is 18.1 Å². The molecule has 18 heavy (non-hydrogen) atoms. The van der Waals surface area contributed by atoms with Crippen molar-refractivity contribution in [2.45, 2.75) is 42.7 Å². The molecule has 1 saturated carbocycles. The van der Waals surface area contributed by atoms with Crippen LogP contribution in [0.5, 0.6) is 0 Å². The van der Waals surface area contributed by atoms with E-state index in [1.807, 2.05) is 0 Å². The molecule has 100 valence electrons. The highest BCUT2D eigenvalue weighted by Crippen LogP contribution is 2.41. The summed E-state index contributed by atoms with van der Waals surface area (Å²) in [4.78, 5) is 4.53. The van der Waals surface area contributed by atoms with Gasteiger partial charge in [0.2, 0.25) is 0 Å². The van der Waals surface area contributed by atoms with Crippen LogP contribution in [0.2, 0.25) is 0 Å². The molecule has 1 aliphatic heterocycles. The molecule has 1 saturated heterocycles. The molecule has 1 aliphatic carbocycles. The summed E-state index contributed by atoms with van der Waals surface area (Å²) in [5, 5.41) is 8.93. The van der Waals surface area contributed by atoms with Gasteiger partial charge in [-0.15, -0.1) is 11.3 Å². The third kappa shape index (κ3) is 3.06. The van der Waals surface area contributed by atoms with E-state index in [1.54, 1.807) is 11.3 Å². The Morgan fingerprint density at radius 1 is 1.33 bits per heavy atom. The zero-order valence-electron chi connectivity index (χ0n) is 10.7. The van der Waals surface area contributed by atoms with Crippen LogP contribution < -0.4 is 5.32 Å². The smallest absolute Gasteiger partial charge is 0.0897 e. The van der Waals surface area contributed by atoms with Gasteiger partial charge in [0.05, 0.1) is 10.7 Å². The molecule has 2 heterocycles. The van der Waals surface area contributed by atoms with Gasteiger partial charge in [-0.2, -0.15) is 23.5 Å². The Balaban J connectivity index is 1.46. The normalized spacial score (nSPS) is 31.5. The van der Waals surface area contributed by atoms with E-state index in [0.717, 1.165) is 29.5 Å². The fourth-order valence-electron chi connectivity index (χ4n) is 2.84. The summed E-state index contributed by atoms with van der Waals surface area (Å²) in [5.74, 6) is 2.70. The number of hydrogen-bond acceptors (Lipinski definition) is 5. The zero-order chi connectivity index (χ0) is 12.4. The lowest BCUT2D eigenvalue weighted by Gasteiger charge is -2.28. The first kappa shape index (κ1) is 13.3. The van der Waals surface area contributed by atoms with Gasteiger partial charge in [-0.25, -0.2) is 4.98 Å². The molecule has 1 N–H and O–H groups in total. The minimum atomic E-state index is 0.743. The number of fused-ring (bicyclic) bond motifs is 1. The number of aryl methyl sites for hydroxylation is 1. The summed E-state index contributed by atoms with van der Waals surface area (Å²) in [6, 6.07) is 0.743. The van der Waals surface area contributed by atoms with Crippen molar-refractivity contribution >= 4 is 34.9 Å². The summed E-state index contributed by atoms with van der Waals surface area (Å²) < 4.78 is 0. The summed E-state index contributed by atoms with van der Waals surface area (Å²) >= 11 is 6.15. The molecule has 0 radical (unpaired) electrons. The number of aromatic nitrogens is 1. The highest BCUT2D eigenvalue weighted by molar-refractivity contribution is 8.07. The lowest BCUT2D eigenvalue weighted by Crippen LogP contribution is -2.39. The Kier molecular flexibility index (Phi) is 4.55. The van der Waals surface area contributed by atoms with Gasteiger partial charge >= 0.3 is 0 Å². The molecule has 1 aromatic heterocycles. The van der Waals surface area contributed by atoms with E-state index in [9.17, 15) is 0 Å². The third-order valence-corrected chi connectivity index (χ3v) is 7.84. The van der Waals surface area contributed by atoms with Gasteiger partial charge in [-0.05, 0) is 19.8 Å². The van der Waals surface area contributed by atoms with Gasteiger partial charge in [0.25, 0.3) is 0 Å². The second-order valence-corrected chi connectivity index (χ2v) is 8.69. The molecule has 2 fully saturated rings. The minimum Gasteiger partial charge on any atom is -0.312 e. The van der Waals surface area contributed by atoms with Crippen LogP contribution in [-0.2, 0) is 6.42 Å². The molecule has 2 aliphatic rings. The second-order valence-electron chi connectivity index (χ2n) is 4.99. The van der Waals surface area contributed by atoms with Gasteiger partial charge in [0.1, 0.15) is 0 Å². The Bertz CT molecular complexity index is 393. The van der Waals surface area contributed by atoms with E-state index < -0.39 is 0 Å². The maximum atomic E-state index is 4.53. The monoisotopic (exact) mass is 300 g/mol. The molecule has 0 aromatic carbocycles. The van der Waals surface area contributed by atoms with E-state index >= 15 is 0 Å².